The Labute approximate surface area is 128 Å². The van der Waals surface area contributed by atoms with E-state index in [1.54, 1.807) is 0 Å². The van der Waals surface area contributed by atoms with E-state index in [0.717, 1.165) is 18.6 Å². The fourth-order valence-electron chi connectivity index (χ4n) is 2.78. The number of hydrogen-bond acceptors (Lipinski definition) is 1. The van der Waals surface area contributed by atoms with Crippen LogP contribution in [0.4, 0.5) is 23.7 Å². The lowest BCUT2D eigenvalue weighted by Crippen LogP contribution is -2.30. The maximum Gasteiger partial charge on any atom is 0.416 e. The van der Waals surface area contributed by atoms with Crippen molar-refractivity contribution in [3.05, 3.63) is 29.8 Å². The standard InChI is InChI=1S/C16H21F3N2O/c17-16(18,19)13-6-8-14(9-7-13)21-15(22)20-11-10-12-4-2-1-3-5-12/h6-9,12H,1-5,10-11H2,(H2,20,21,22). The average Bonchev–Trinajstić information content (AvgIpc) is 2.48. The number of carbonyl (C=O) groups is 1. The Bertz CT molecular complexity index is 479. The quantitative estimate of drug-likeness (QED) is 0.823. The van der Waals surface area contributed by atoms with Gasteiger partial charge in [-0.1, -0.05) is 32.1 Å². The number of alkyl halides is 3. The van der Waals surface area contributed by atoms with Crippen molar-refractivity contribution >= 4 is 11.7 Å². The smallest absolute Gasteiger partial charge is 0.338 e. The van der Waals surface area contributed by atoms with Gasteiger partial charge in [0.1, 0.15) is 0 Å². The van der Waals surface area contributed by atoms with Crippen LogP contribution in [0.2, 0.25) is 0 Å². The minimum Gasteiger partial charge on any atom is -0.338 e. The summed E-state index contributed by atoms with van der Waals surface area (Å²) in [5.41, 5.74) is -0.376. The van der Waals surface area contributed by atoms with E-state index < -0.39 is 11.7 Å². The van der Waals surface area contributed by atoms with E-state index in [1.807, 2.05) is 0 Å². The van der Waals surface area contributed by atoms with Crippen LogP contribution in [-0.4, -0.2) is 12.6 Å². The van der Waals surface area contributed by atoms with E-state index >= 15 is 0 Å². The molecule has 2 amide bonds. The molecule has 2 N–H and O–H groups in total. The average molecular weight is 314 g/mol. The van der Waals surface area contributed by atoms with Crippen LogP contribution in [0.1, 0.15) is 44.1 Å². The van der Waals surface area contributed by atoms with E-state index in [2.05, 4.69) is 10.6 Å². The lowest BCUT2D eigenvalue weighted by atomic mass is 9.87. The lowest BCUT2D eigenvalue weighted by molar-refractivity contribution is -0.137. The predicted molar refractivity (Wildman–Crippen MR) is 79.7 cm³/mol. The normalized spacial score (nSPS) is 16.3. The molecule has 0 atom stereocenters. The van der Waals surface area contributed by atoms with Crippen LogP contribution in [0.15, 0.2) is 24.3 Å². The van der Waals surface area contributed by atoms with Crippen molar-refractivity contribution < 1.29 is 18.0 Å². The molecule has 22 heavy (non-hydrogen) atoms. The Hall–Kier alpha value is -1.72. The molecular weight excluding hydrogens is 293 g/mol. The Morgan fingerprint density at radius 3 is 2.32 bits per heavy atom. The number of urea groups is 1. The highest BCUT2D eigenvalue weighted by Gasteiger charge is 2.29. The minimum atomic E-state index is -4.36. The molecule has 6 heteroatoms. The monoisotopic (exact) mass is 314 g/mol. The molecule has 3 nitrogen and oxygen atoms in total. The summed E-state index contributed by atoms with van der Waals surface area (Å²) in [6, 6.07) is 4.04. The summed E-state index contributed by atoms with van der Waals surface area (Å²) in [5, 5.41) is 5.29. The summed E-state index contributed by atoms with van der Waals surface area (Å²) in [6.45, 7) is 0.594. The van der Waals surface area contributed by atoms with E-state index in [-0.39, 0.29) is 6.03 Å². The molecular formula is C16H21F3N2O. The summed E-state index contributed by atoms with van der Waals surface area (Å²) in [5.74, 6) is 0.681. The number of benzene rings is 1. The van der Waals surface area contributed by atoms with Crippen molar-refractivity contribution in [1.82, 2.24) is 5.32 Å². The zero-order valence-electron chi connectivity index (χ0n) is 12.4. The Kier molecular flexibility index (Phi) is 5.69. The Morgan fingerprint density at radius 1 is 1.09 bits per heavy atom. The molecule has 1 saturated carbocycles. The van der Waals surface area contributed by atoms with Gasteiger partial charge in [-0.3, -0.25) is 0 Å². The van der Waals surface area contributed by atoms with Gasteiger partial charge in [0.25, 0.3) is 0 Å². The highest BCUT2D eigenvalue weighted by atomic mass is 19.4. The van der Waals surface area contributed by atoms with E-state index in [0.29, 0.717) is 18.2 Å². The fraction of sp³-hybridized carbons (Fsp3) is 0.562. The first kappa shape index (κ1) is 16.6. The molecule has 0 heterocycles. The third kappa shape index (κ3) is 5.24. The van der Waals surface area contributed by atoms with Gasteiger partial charge in [0.15, 0.2) is 0 Å². The van der Waals surface area contributed by atoms with E-state index in [9.17, 15) is 18.0 Å². The van der Waals surface area contributed by atoms with Gasteiger partial charge in [0, 0.05) is 12.2 Å². The SMILES string of the molecule is O=C(NCCC1CCCCC1)Nc1ccc(C(F)(F)F)cc1. The second kappa shape index (κ2) is 7.51. The molecule has 1 aromatic rings. The summed E-state index contributed by atoms with van der Waals surface area (Å²) < 4.78 is 37.3. The first-order valence-electron chi connectivity index (χ1n) is 7.67. The van der Waals surface area contributed by atoms with Crippen LogP contribution in [0.3, 0.4) is 0 Å². The third-order valence-electron chi connectivity index (χ3n) is 4.03. The molecule has 0 aliphatic heterocycles. The lowest BCUT2D eigenvalue weighted by Gasteiger charge is -2.21. The van der Waals surface area contributed by atoms with Gasteiger partial charge in [0.05, 0.1) is 5.56 Å². The summed E-state index contributed by atoms with van der Waals surface area (Å²) in [4.78, 5) is 11.7. The molecule has 1 fully saturated rings. The van der Waals surface area contributed by atoms with Crippen LogP contribution in [-0.2, 0) is 6.18 Å². The maximum absolute atomic E-state index is 12.4. The van der Waals surface area contributed by atoms with Gasteiger partial charge in [-0.2, -0.15) is 13.2 Å². The van der Waals surface area contributed by atoms with Gasteiger partial charge >= 0.3 is 12.2 Å². The van der Waals surface area contributed by atoms with Gasteiger partial charge in [-0.25, -0.2) is 4.79 Å². The van der Waals surface area contributed by atoms with E-state index in [1.165, 1.54) is 44.2 Å². The van der Waals surface area contributed by atoms with Gasteiger partial charge in [-0.05, 0) is 36.6 Å². The van der Waals surface area contributed by atoms with Crippen molar-refractivity contribution in [1.29, 1.82) is 0 Å². The fourth-order valence-corrected chi connectivity index (χ4v) is 2.78. The largest absolute Gasteiger partial charge is 0.416 e. The topological polar surface area (TPSA) is 41.1 Å². The molecule has 2 rings (SSSR count). The maximum atomic E-state index is 12.4. The first-order valence-corrected chi connectivity index (χ1v) is 7.67. The molecule has 122 valence electrons. The second-order valence-electron chi connectivity index (χ2n) is 5.75. The summed E-state index contributed by atoms with van der Waals surface area (Å²) in [6.07, 6.45) is 2.88. The summed E-state index contributed by atoms with van der Waals surface area (Å²) >= 11 is 0. The highest BCUT2D eigenvalue weighted by molar-refractivity contribution is 5.89. The van der Waals surface area contributed by atoms with Crippen molar-refractivity contribution in [2.45, 2.75) is 44.7 Å². The predicted octanol–water partition coefficient (Wildman–Crippen LogP) is 4.80. The number of anilines is 1. The molecule has 1 aliphatic carbocycles. The number of hydrogen-bond donors (Lipinski definition) is 2. The minimum absolute atomic E-state index is 0.350. The molecule has 0 spiro atoms. The van der Waals surface area contributed by atoms with Crippen molar-refractivity contribution in [3.8, 4) is 0 Å². The van der Waals surface area contributed by atoms with Crippen LogP contribution in [0.5, 0.6) is 0 Å². The number of carbonyl (C=O) groups excluding carboxylic acids is 1. The van der Waals surface area contributed by atoms with Crippen molar-refractivity contribution in [2.75, 3.05) is 11.9 Å². The molecule has 0 aromatic heterocycles. The van der Waals surface area contributed by atoms with Crippen molar-refractivity contribution in [2.24, 2.45) is 5.92 Å². The van der Waals surface area contributed by atoms with Crippen LogP contribution < -0.4 is 10.6 Å². The van der Waals surface area contributed by atoms with Crippen LogP contribution in [0, 0.1) is 5.92 Å². The third-order valence-corrected chi connectivity index (χ3v) is 4.03. The van der Waals surface area contributed by atoms with Crippen LogP contribution >= 0.6 is 0 Å². The zero-order chi connectivity index (χ0) is 16.0. The number of nitrogens with one attached hydrogen (secondary N) is 2. The molecule has 1 aliphatic rings. The molecule has 0 bridgehead atoms. The van der Waals surface area contributed by atoms with Gasteiger partial charge < -0.3 is 10.6 Å². The van der Waals surface area contributed by atoms with E-state index in [4.69, 9.17) is 0 Å². The van der Waals surface area contributed by atoms with Gasteiger partial charge in [-0.15, -0.1) is 0 Å². The molecule has 1 aromatic carbocycles. The number of rotatable bonds is 4. The Morgan fingerprint density at radius 2 is 1.73 bits per heavy atom. The molecule has 0 saturated heterocycles. The van der Waals surface area contributed by atoms with Crippen molar-refractivity contribution in [3.63, 3.8) is 0 Å². The second-order valence-corrected chi connectivity index (χ2v) is 5.75. The zero-order valence-corrected chi connectivity index (χ0v) is 12.4. The molecule has 0 unspecified atom stereocenters. The number of amides is 2. The van der Waals surface area contributed by atoms with Crippen LogP contribution in [0.25, 0.3) is 0 Å². The van der Waals surface area contributed by atoms with Gasteiger partial charge in [0.2, 0.25) is 0 Å². The Balaban J connectivity index is 1.72. The number of halogens is 3. The molecule has 0 radical (unpaired) electrons. The summed E-state index contributed by atoms with van der Waals surface area (Å²) in [7, 11) is 0. The highest BCUT2D eigenvalue weighted by Crippen LogP contribution is 2.29. The first-order chi connectivity index (χ1) is 10.4.